The van der Waals surface area contributed by atoms with Gasteiger partial charge in [0.25, 0.3) is 0 Å². The lowest BCUT2D eigenvalue weighted by molar-refractivity contribution is -0.137. The molecular formula is C18H22F3N7O2. The second-order valence-corrected chi connectivity index (χ2v) is 6.96. The molecule has 0 spiro atoms. The molecule has 2 aliphatic rings. The van der Waals surface area contributed by atoms with Crippen molar-refractivity contribution in [1.82, 2.24) is 19.9 Å². The SMILES string of the molecule is Nc1cc(C(F)(F)F)c(-c2nc(N3CCCOCC3)nc(N3CCOCC3)n2)cn1. The highest BCUT2D eigenvalue weighted by molar-refractivity contribution is 5.64. The van der Waals surface area contributed by atoms with Gasteiger partial charge in [-0.15, -0.1) is 0 Å². The molecule has 12 heteroatoms. The third kappa shape index (κ3) is 4.54. The molecule has 0 radical (unpaired) electrons. The van der Waals surface area contributed by atoms with Crippen LogP contribution in [-0.2, 0) is 15.7 Å². The van der Waals surface area contributed by atoms with E-state index < -0.39 is 11.7 Å². The number of alkyl halides is 3. The van der Waals surface area contributed by atoms with Crippen LogP contribution in [0.2, 0.25) is 0 Å². The Balaban J connectivity index is 1.82. The van der Waals surface area contributed by atoms with Crippen molar-refractivity contribution in [2.75, 3.05) is 68.1 Å². The number of halogens is 3. The number of morpholine rings is 1. The van der Waals surface area contributed by atoms with Crippen LogP contribution < -0.4 is 15.5 Å². The van der Waals surface area contributed by atoms with E-state index in [1.807, 2.05) is 9.80 Å². The number of aromatic nitrogens is 4. The average molecular weight is 425 g/mol. The summed E-state index contributed by atoms with van der Waals surface area (Å²) in [5.41, 5.74) is 4.34. The second kappa shape index (κ2) is 8.56. The maximum Gasteiger partial charge on any atom is 0.417 e. The molecule has 4 heterocycles. The molecule has 2 saturated heterocycles. The van der Waals surface area contributed by atoms with Crippen molar-refractivity contribution in [1.29, 1.82) is 0 Å². The van der Waals surface area contributed by atoms with Crippen LogP contribution in [0.15, 0.2) is 12.3 Å². The predicted molar refractivity (Wildman–Crippen MR) is 103 cm³/mol. The molecule has 0 aromatic carbocycles. The Morgan fingerprint density at radius 2 is 1.47 bits per heavy atom. The van der Waals surface area contributed by atoms with E-state index in [2.05, 4.69) is 19.9 Å². The summed E-state index contributed by atoms with van der Waals surface area (Å²) in [6.07, 6.45) is -2.80. The Bertz CT molecular complexity index is 883. The summed E-state index contributed by atoms with van der Waals surface area (Å²) in [4.78, 5) is 20.9. The van der Waals surface area contributed by atoms with E-state index in [4.69, 9.17) is 15.2 Å². The Hall–Kier alpha value is -2.73. The van der Waals surface area contributed by atoms with Crippen molar-refractivity contribution >= 4 is 17.7 Å². The number of nitrogens with two attached hydrogens (primary N) is 1. The molecule has 0 aliphatic carbocycles. The fourth-order valence-corrected chi connectivity index (χ4v) is 3.35. The summed E-state index contributed by atoms with van der Waals surface area (Å²) >= 11 is 0. The van der Waals surface area contributed by atoms with Gasteiger partial charge in [-0.25, -0.2) is 4.98 Å². The quantitative estimate of drug-likeness (QED) is 0.785. The lowest BCUT2D eigenvalue weighted by atomic mass is 10.1. The topological polar surface area (TPSA) is 103 Å². The molecule has 0 bridgehead atoms. The number of pyridine rings is 1. The van der Waals surface area contributed by atoms with E-state index in [0.29, 0.717) is 64.5 Å². The monoisotopic (exact) mass is 425 g/mol. The van der Waals surface area contributed by atoms with Crippen molar-refractivity contribution in [3.8, 4) is 11.4 Å². The molecule has 2 aromatic heterocycles. The molecule has 0 unspecified atom stereocenters. The van der Waals surface area contributed by atoms with Gasteiger partial charge in [-0.2, -0.15) is 28.1 Å². The fraction of sp³-hybridized carbons (Fsp3) is 0.556. The minimum atomic E-state index is -4.63. The van der Waals surface area contributed by atoms with Gasteiger partial charge < -0.3 is 25.0 Å². The van der Waals surface area contributed by atoms with E-state index in [-0.39, 0.29) is 17.2 Å². The first kappa shape index (κ1) is 20.5. The largest absolute Gasteiger partial charge is 0.417 e. The van der Waals surface area contributed by atoms with Gasteiger partial charge in [-0.3, -0.25) is 0 Å². The maximum atomic E-state index is 13.7. The molecule has 2 N–H and O–H groups in total. The summed E-state index contributed by atoms with van der Waals surface area (Å²) in [5, 5.41) is 0. The smallest absolute Gasteiger partial charge is 0.384 e. The Kier molecular flexibility index (Phi) is 5.86. The number of nitrogens with zero attached hydrogens (tertiary/aromatic N) is 6. The molecule has 30 heavy (non-hydrogen) atoms. The van der Waals surface area contributed by atoms with Gasteiger partial charge in [0.2, 0.25) is 11.9 Å². The summed E-state index contributed by atoms with van der Waals surface area (Å²) in [6, 6.07) is 0.799. The molecular weight excluding hydrogens is 403 g/mol. The summed E-state index contributed by atoms with van der Waals surface area (Å²) in [6.45, 7) is 4.35. The molecule has 0 saturated carbocycles. The van der Waals surface area contributed by atoms with E-state index in [9.17, 15) is 13.2 Å². The van der Waals surface area contributed by atoms with Gasteiger partial charge >= 0.3 is 6.18 Å². The molecule has 0 amide bonds. The highest BCUT2D eigenvalue weighted by atomic mass is 19.4. The van der Waals surface area contributed by atoms with Crippen LogP contribution in [0.1, 0.15) is 12.0 Å². The fourth-order valence-electron chi connectivity index (χ4n) is 3.35. The number of nitrogen functional groups attached to an aromatic ring is 1. The number of hydrogen-bond donors (Lipinski definition) is 1. The van der Waals surface area contributed by atoms with E-state index in [1.165, 1.54) is 0 Å². The Labute approximate surface area is 171 Å². The Morgan fingerprint density at radius 1 is 0.867 bits per heavy atom. The van der Waals surface area contributed by atoms with Crippen molar-refractivity contribution in [3.05, 3.63) is 17.8 Å². The van der Waals surface area contributed by atoms with Crippen LogP contribution >= 0.6 is 0 Å². The van der Waals surface area contributed by atoms with Gasteiger partial charge in [0.05, 0.1) is 30.9 Å². The minimum Gasteiger partial charge on any atom is -0.384 e. The summed E-state index contributed by atoms with van der Waals surface area (Å²) < 4.78 is 51.8. The zero-order valence-corrected chi connectivity index (χ0v) is 16.2. The molecule has 2 aromatic rings. The first-order valence-corrected chi connectivity index (χ1v) is 9.66. The van der Waals surface area contributed by atoms with Crippen LogP contribution in [0, 0.1) is 0 Å². The van der Waals surface area contributed by atoms with Crippen LogP contribution in [-0.4, -0.2) is 72.5 Å². The van der Waals surface area contributed by atoms with Crippen LogP contribution in [0.4, 0.5) is 30.9 Å². The van der Waals surface area contributed by atoms with Crippen molar-refractivity contribution < 1.29 is 22.6 Å². The van der Waals surface area contributed by atoms with E-state index in [0.717, 1.165) is 18.7 Å². The number of hydrogen-bond acceptors (Lipinski definition) is 9. The van der Waals surface area contributed by atoms with Gasteiger partial charge in [0.1, 0.15) is 5.82 Å². The zero-order valence-electron chi connectivity index (χ0n) is 16.2. The lowest BCUT2D eigenvalue weighted by Crippen LogP contribution is -2.38. The number of anilines is 3. The molecule has 2 aliphatic heterocycles. The second-order valence-electron chi connectivity index (χ2n) is 6.96. The van der Waals surface area contributed by atoms with Gasteiger partial charge in [0, 0.05) is 39.0 Å². The lowest BCUT2D eigenvalue weighted by Gasteiger charge is -2.28. The summed E-state index contributed by atoms with van der Waals surface area (Å²) in [7, 11) is 0. The van der Waals surface area contributed by atoms with Crippen molar-refractivity contribution in [2.45, 2.75) is 12.6 Å². The van der Waals surface area contributed by atoms with Gasteiger partial charge in [-0.1, -0.05) is 0 Å². The highest BCUT2D eigenvalue weighted by Crippen LogP contribution is 2.37. The molecule has 162 valence electrons. The normalized spacial score (nSPS) is 18.4. The summed E-state index contributed by atoms with van der Waals surface area (Å²) in [5.74, 6) is 0.315. The van der Waals surface area contributed by atoms with Crippen LogP contribution in [0.5, 0.6) is 0 Å². The highest BCUT2D eigenvalue weighted by Gasteiger charge is 2.35. The Morgan fingerprint density at radius 3 is 2.10 bits per heavy atom. The van der Waals surface area contributed by atoms with E-state index >= 15 is 0 Å². The first-order valence-electron chi connectivity index (χ1n) is 9.66. The average Bonchev–Trinajstić information content (AvgIpc) is 3.03. The van der Waals surface area contributed by atoms with Crippen LogP contribution in [0.3, 0.4) is 0 Å². The van der Waals surface area contributed by atoms with Gasteiger partial charge in [0.15, 0.2) is 5.82 Å². The van der Waals surface area contributed by atoms with E-state index in [1.54, 1.807) is 0 Å². The van der Waals surface area contributed by atoms with Gasteiger partial charge in [-0.05, 0) is 12.5 Å². The standard InChI is InChI=1S/C18H22F3N7O2/c19-18(20,21)13-10-14(22)23-11-12(13)15-24-16(27-2-1-6-29-7-3-27)26-17(25-15)28-4-8-30-9-5-28/h10-11H,1-9H2,(H2,22,23). The maximum absolute atomic E-state index is 13.7. The molecule has 4 rings (SSSR count). The minimum absolute atomic E-state index is 0.0912. The first-order chi connectivity index (χ1) is 14.4. The number of ether oxygens (including phenoxy) is 2. The molecule has 2 fully saturated rings. The third-order valence-electron chi connectivity index (χ3n) is 4.88. The molecule has 0 atom stereocenters. The number of rotatable bonds is 3. The third-order valence-corrected chi connectivity index (χ3v) is 4.88. The predicted octanol–water partition coefficient (Wildman–Crippen LogP) is 1.60. The zero-order chi connectivity index (χ0) is 21.1. The molecule has 9 nitrogen and oxygen atoms in total. The van der Waals surface area contributed by atoms with Crippen LogP contribution in [0.25, 0.3) is 11.4 Å². The van der Waals surface area contributed by atoms with Crippen molar-refractivity contribution in [3.63, 3.8) is 0 Å². The van der Waals surface area contributed by atoms with Crippen molar-refractivity contribution in [2.24, 2.45) is 0 Å².